The first-order valence-corrected chi connectivity index (χ1v) is 9.88. The van der Waals surface area contributed by atoms with Crippen LogP contribution >= 0.6 is 11.3 Å². The van der Waals surface area contributed by atoms with Gasteiger partial charge >= 0.3 is 0 Å². The summed E-state index contributed by atoms with van der Waals surface area (Å²) in [5.41, 5.74) is 0.838. The van der Waals surface area contributed by atoms with Crippen LogP contribution in [0.1, 0.15) is 52.5 Å². The van der Waals surface area contributed by atoms with Gasteiger partial charge in [-0.3, -0.25) is 9.59 Å². The lowest BCUT2D eigenvalue weighted by atomic mass is 9.84. The predicted octanol–water partition coefficient (Wildman–Crippen LogP) is 2.62. The lowest BCUT2D eigenvalue weighted by Gasteiger charge is -2.36. The standard InChI is InChI=1S/C18H25N3O2S/c1-11-16(24-12(2)19-11)18(23)21-9-13-6-7-15(21)10-20(8-13)17(22)14-4-3-5-14/h13-15H,3-10H2,1-2H3/t13-,15+/m0/s1. The molecule has 6 heteroatoms. The van der Waals surface area contributed by atoms with E-state index >= 15 is 0 Å². The van der Waals surface area contributed by atoms with Crippen LogP contribution in [0.2, 0.25) is 0 Å². The third-order valence-corrected chi connectivity index (χ3v) is 6.90. The summed E-state index contributed by atoms with van der Waals surface area (Å²) in [5.74, 6) is 1.12. The molecule has 0 spiro atoms. The number of carbonyl (C=O) groups is 2. The molecule has 2 amide bonds. The van der Waals surface area contributed by atoms with Crippen LogP contribution in [0.25, 0.3) is 0 Å². The molecule has 1 saturated carbocycles. The molecule has 1 aromatic heterocycles. The number of amides is 2. The zero-order valence-corrected chi connectivity index (χ0v) is 15.3. The van der Waals surface area contributed by atoms with Gasteiger partial charge in [0.15, 0.2) is 0 Å². The fourth-order valence-corrected chi connectivity index (χ4v) is 5.16. The van der Waals surface area contributed by atoms with E-state index in [4.69, 9.17) is 0 Å². The van der Waals surface area contributed by atoms with Crippen LogP contribution in [0.5, 0.6) is 0 Å². The molecule has 4 aliphatic rings. The van der Waals surface area contributed by atoms with E-state index in [1.54, 1.807) is 0 Å². The van der Waals surface area contributed by atoms with Crippen molar-refractivity contribution in [2.45, 2.75) is 52.0 Å². The van der Waals surface area contributed by atoms with Gasteiger partial charge in [-0.15, -0.1) is 11.3 Å². The lowest BCUT2D eigenvalue weighted by molar-refractivity contribution is -0.138. The highest BCUT2D eigenvalue weighted by atomic mass is 32.1. The monoisotopic (exact) mass is 347 g/mol. The largest absolute Gasteiger partial charge is 0.340 e. The van der Waals surface area contributed by atoms with Crippen LogP contribution < -0.4 is 0 Å². The van der Waals surface area contributed by atoms with Crippen molar-refractivity contribution in [1.82, 2.24) is 14.8 Å². The van der Waals surface area contributed by atoms with Crippen LogP contribution in [0, 0.1) is 25.7 Å². The molecule has 1 aromatic rings. The number of nitrogens with zero attached hydrogens (tertiary/aromatic N) is 3. The molecule has 130 valence electrons. The van der Waals surface area contributed by atoms with E-state index in [2.05, 4.69) is 9.88 Å². The predicted molar refractivity (Wildman–Crippen MR) is 93.1 cm³/mol. The fourth-order valence-electron chi connectivity index (χ4n) is 4.28. The van der Waals surface area contributed by atoms with Gasteiger partial charge in [0.25, 0.3) is 5.91 Å². The molecule has 3 aliphatic heterocycles. The number of rotatable bonds is 2. The first-order chi connectivity index (χ1) is 11.5. The summed E-state index contributed by atoms with van der Waals surface area (Å²) in [6, 6.07) is 0.169. The minimum Gasteiger partial charge on any atom is -0.340 e. The van der Waals surface area contributed by atoms with E-state index < -0.39 is 0 Å². The minimum atomic E-state index is 0.116. The number of aromatic nitrogens is 1. The number of hydrogen-bond donors (Lipinski definition) is 0. The quantitative estimate of drug-likeness (QED) is 0.826. The maximum Gasteiger partial charge on any atom is 0.266 e. The van der Waals surface area contributed by atoms with Crippen molar-refractivity contribution in [2.24, 2.45) is 11.8 Å². The Labute approximate surface area is 147 Å². The molecular formula is C18H25N3O2S. The summed E-state index contributed by atoms with van der Waals surface area (Å²) in [7, 11) is 0. The maximum atomic E-state index is 13.0. The smallest absolute Gasteiger partial charge is 0.266 e. The molecule has 0 N–H and O–H groups in total. The third kappa shape index (κ3) is 2.75. The highest BCUT2D eigenvalue weighted by Gasteiger charge is 2.41. The number of piperidine rings is 1. The topological polar surface area (TPSA) is 53.5 Å². The highest BCUT2D eigenvalue weighted by molar-refractivity contribution is 7.13. The molecule has 5 rings (SSSR count). The average Bonchev–Trinajstić information content (AvgIpc) is 2.68. The molecule has 3 saturated heterocycles. The summed E-state index contributed by atoms with van der Waals surface area (Å²) in [6.45, 7) is 6.19. The van der Waals surface area contributed by atoms with Crippen LogP contribution in [-0.4, -0.2) is 52.3 Å². The van der Waals surface area contributed by atoms with Gasteiger partial charge in [0.2, 0.25) is 5.91 Å². The van der Waals surface area contributed by atoms with E-state index in [9.17, 15) is 9.59 Å². The summed E-state index contributed by atoms with van der Waals surface area (Å²) in [6.07, 6.45) is 5.43. The minimum absolute atomic E-state index is 0.116. The van der Waals surface area contributed by atoms with E-state index in [1.807, 2.05) is 18.7 Å². The molecule has 0 aromatic carbocycles. The van der Waals surface area contributed by atoms with Crippen LogP contribution in [-0.2, 0) is 4.79 Å². The second kappa shape index (κ2) is 6.14. The Bertz CT molecular complexity index is 667. The molecule has 4 fully saturated rings. The third-order valence-electron chi connectivity index (χ3n) is 5.84. The van der Waals surface area contributed by atoms with Crippen molar-refractivity contribution in [3.05, 3.63) is 15.6 Å². The van der Waals surface area contributed by atoms with Gasteiger partial charge in [-0.2, -0.15) is 0 Å². The number of thiazole rings is 1. The van der Waals surface area contributed by atoms with Gasteiger partial charge in [0, 0.05) is 31.6 Å². The molecule has 24 heavy (non-hydrogen) atoms. The Morgan fingerprint density at radius 1 is 1.08 bits per heavy atom. The molecule has 0 unspecified atom stereocenters. The summed E-state index contributed by atoms with van der Waals surface area (Å²) < 4.78 is 0. The van der Waals surface area contributed by atoms with Gasteiger partial charge in [0.05, 0.1) is 10.7 Å². The first-order valence-electron chi connectivity index (χ1n) is 9.06. The zero-order chi connectivity index (χ0) is 16.8. The molecular weight excluding hydrogens is 322 g/mol. The Morgan fingerprint density at radius 3 is 2.50 bits per heavy atom. The Hall–Kier alpha value is -1.43. The van der Waals surface area contributed by atoms with Crippen LogP contribution in [0.4, 0.5) is 0 Å². The van der Waals surface area contributed by atoms with Crippen molar-refractivity contribution >= 4 is 23.2 Å². The van der Waals surface area contributed by atoms with E-state index in [0.29, 0.717) is 18.4 Å². The van der Waals surface area contributed by atoms with Crippen molar-refractivity contribution in [3.63, 3.8) is 0 Å². The SMILES string of the molecule is Cc1nc(C)c(C(=O)N2C[C@H]3CC[C@@H]2CN(C(=O)C2CCC2)C3)s1. The molecule has 1 aliphatic carbocycles. The van der Waals surface area contributed by atoms with Crippen LogP contribution in [0.15, 0.2) is 0 Å². The van der Waals surface area contributed by atoms with Gasteiger partial charge in [-0.25, -0.2) is 4.98 Å². The first kappa shape index (κ1) is 16.1. The van der Waals surface area contributed by atoms with Crippen LogP contribution in [0.3, 0.4) is 0 Å². The number of aryl methyl sites for hydroxylation is 2. The van der Waals surface area contributed by atoms with Gasteiger partial charge < -0.3 is 9.80 Å². The van der Waals surface area contributed by atoms with E-state index in [1.165, 1.54) is 17.8 Å². The zero-order valence-electron chi connectivity index (χ0n) is 14.5. The fraction of sp³-hybridized carbons (Fsp3) is 0.722. The second-order valence-corrected chi connectivity index (χ2v) is 8.78. The van der Waals surface area contributed by atoms with Gasteiger partial charge in [-0.1, -0.05) is 6.42 Å². The Kier molecular flexibility index (Phi) is 4.11. The lowest BCUT2D eigenvalue weighted by Crippen LogP contribution is -2.48. The molecule has 5 nitrogen and oxygen atoms in total. The summed E-state index contributed by atoms with van der Waals surface area (Å²) in [4.78, 5) is 35.0. The molecule has 0 radical (unpaired) electrons. The Balaban J connectivity index is 1.53. The van der Waals surface area contributed by atoms with E-state index in [0.717, 1.165) is 54.4 Å². The second-order valence-electron chi connectivity index (χ2n) is 7.57. The van der Waals surface area contributed by atoms with Gasteiger partial charge in [-0.05, 0) is 45.4 Å². The molecule has 2 atom stereocenters. The molecule has 2 bridgehead atoms. The Morgan fingerprint density at radius 2 is 1.88 bits per heavy atom. The summed E-state index contributed by atoms with van der Waals surface area (Å²) >= 11 is 1.49. The van der Waals surface area contributed by atoms with Gasteiger partial charge in [0.1, 0.15) is 4.88 Å². The number of hydrogen-bond acceptors (Lipinski definition) is 4. The number of fused-ring (bicyclic) bond motifs is 4. The average molecular weight is 347 g/mol. The molecule has 4 heterocycles. The normalized spacial score (nSPS) is 27.1. The van der Waals surface area contributed by atoms with Crippen molar-refractivity contribution in [2.75, 3.05) is 19.6 Å². The maximum absolute atomic E-state index is 13.0. The van der Waals surface area contributed by atoms with E-state index in [-0.39, 0.29) is 17.9 Å². The van der Waals surface area contributed by atoms with Crippen molar-refractivity contribution in [1.29, 1.82) is 0 Å². The highest BCUT2D eigenvalue weighted by Crippen LogP contribution is 2.34. The number of carbonyl (C=O) groups excluding carboxylic acids is 2. The summed E-state index contributed by atoms with van der Waals surface area (Å²) in [5, 5.41) is 0.942. The van der Waals surface area contributed by atoms with Crippen molar-refractivity contribution < 1.29 is 9.59 Å². The van der Waals surface area contributed by atoms with Crippen molar-refractivity contribution in [3.8, 4) is 0 Å².